The molecule has 0 fully saturated rings. The predicted molar refractivity (Wildman–Crippen MR) is 122 cm³/mol. The van der Waals surface area contributed by atoms with Gasteiger partial charge in [0.1, 0.15) is 5.82 Å². The van der Waals surface area contributed by atoms with Gasteiger partial charge in [0.2, 0.25) is 0 Å². The van der Waals surface area contributed by atoms with Gasteiger partial charge in [-0.05, 0) is 62.4 Å². The maximum absolute atomic E-state index is 4.10. The summed E-state index contributed by atoms with van der Waals surface area (Å²) in [6, 6.07) is 6.52. The molecule has 2 heteroatoms. The summed E-state index contributed by atoms with van der Waals surface area (Å²) < 4.78 is 0. The van der Waals surface area contributed by atoms with Crippen molar-refractivity contribution in [3.8, 4) is 0 Å². The van der Waals surface area contributed by atoms with Crippen LogP contribution in [0.5, 0.6) is 0 Å². The van der Waals surface area contributed by atoms with Crippen molar-refractivity contribution in [2.75, 3.05) is 5.32 Å². The Balaban J connectivity index is 2.62. The van der Waals surface area contributed by atoms with E-state index in [0.717, 1.165) is 29.0 Å². The minimum Gasteiger partial charge on any atom is -0.342 e. The summed E-state index contributed by atoms with van der Waals surface area (Å²) in [6.45, 7) is 20.4. The van der Waals surface area contributed by atoms with Crippen LogP contribution in [0.1, 0.15) is 57.6 Å². The van der Waals surface area contributed by atoms with Crippen LogP contribution in [0.25, 0.3) is 0 Å². The number of aryl methyl sites for hydroxylation is 2. The molecule has 0 amide bonds. The van der Waals surface area contributed by atoms with E-state index in [1.54, 1.807) is 0 Å². The fourth-order valence-corrected chi connectivity index (χ4v) is 2.86. The smallest absolute Gasteiger partial charge is 0.100 e. The van der Waals surface area contributed by atoms with Crippen LogP contribution < -0.4 is 10.6 Å². The Morgan fingerprint density at radius 1 is 1.07 bits per heavy atom. The third kappa shape index (κ3) is 8.63. The van der Waals surface area contributed by atoms with Crippen molar-refractivity contribution in [1.82, 2.24) is 5.32 Å². The molecule has 27 heavy (non-hydrogen) atoms. The lowest BCUT2D eigenvalue weighted by molar-refractivity contribution is 0.666. The third-order valence-electron chi connectivity index (χ3n) is 4.45. The van der Waals surface area contributed by atoms with E-state index in [4.69, 9.17) is 0 Å². The molecule has 2 nitrogen and oxygen atoms in total. The van der Waals surface area contributed by atoms with Crippen molar-refractivity contribution in [3.05, 3.63) is 90.0 Å². The standard InChI is InChI=1S/C25H36N2/c1-8-10-11-12-13-24-16-17-25(18-20(24)5)27-22(7)26-21(6)23(9-2)15-14-19(3)4/h9,14-18,26-27H,3,6-8,10-13H2,1-2,4-5H3/b15-14-,23-9+. The highest BCUT2D eigenvalue weighted by atomic mass is 15.1. The van der Waals surface area contributed by atoms with E-state index in [1.165, 1.54) is 36.8 Å². The molecule has 0 atom stereocenters. The summed E-state index contributed by atoms with van der Waals surface area (Å²) in [5.74, 6) is 0.707. The Hall–Kier alpha value is -2.48. The lowest BCUT2D eigenvalue weighted by Crippen LogP contribution is -2.18. The van der Waals surface area contributed by atoms with Gasteiger partial charge >= 0.3 is 0 Å². The first kappa shape index (κ1) is 22.6. The average Bonchev–Trinajstić information content (AvgIpc) is 2.60. The first-order chi connectivity index (χ1) is 12.9. The number of nitrogens with one attached hydrogen (secondary N) is 2. The Morgan fingerprint density at radius 3 is 2.41 bits per heavy atom. The normalized spacial score (nSPS) is 11.5. The minimum absolute atomic E-state index is 0.707. The summed E-state index contributed by atoms with van der Waals surface area (Å²) in [4.78, 5) is 0. The Morgan fingerprint density at radius 2 is 1.81 bits per heavy atom. The predicted octanol–water partition coefficient (Wildman–Crippen LogP) is 7.18. The number of allylic oxidation sites excluding steroid dienone is 4. The van der Waals surface area contributed by atoms with E-state index in [0.29, 0.717) is 5.82 Å². The van der Waals surface area contributed by atoms with Crippen molar-refractivity contribution in [2.45, 2.75) is 59.8 Å². The van der Waals surface area contributed by atoms with E-state index in [1.807, 2.05) is 32.1 Å². The van der Waals surface area contributed by atoms with Gasteiger partial charge in [-0.3, -0.25) is 0 Å². The van der Waals surface area contributed by atoms with Crippen molar-refractivity contribution < 1.29 is 0 Å². The molecular formula is C25H36N2. The summed E-state index contributed by atoms with van der Waals surface area (Å²) >= 11 is 0. The average molecular weight is 365 g/mol. The van der Waals surface area contributed by atoms with Crippen molar-refractivity contribution >= 4 is 5.69 Å². The molecule has 0 aliphatic carbocycles. The van der Waals surface area contributed by atoms with Gasteiger partial charge in [0.05, 0.1) is 0 Å². The highest BCUT2D eigenvalue weighted by molar-refractivity contribution is 5.52. The van der Waals surface area contributed by atoms with E-state index in [2.05, 4.69) is 62.4 Å². The molecule has 2 N–H and O–H groups in total. The molecule has 0 spiro atoms. The van der Waals surface area contributed by atoms with Crippen LogP contribution in [0, 0.1) is 6.92 Å². The van der Waals surface area contributed by atoms with E-state index >= 15 is 0 Å². The number of rotatable bonds is 12. The van der Waals surface area contributed by atoms with Gasteiger partial charge in [0.15, 0.2) is 0 Å². The zero-order chi connectivity index (χ0) is 20.2. The third-order valence-corrected chi connectivity index (χ3v) is 4.45. The van der Waals surface area contributed by atoms with E-state index in [-0.39, 0.29) is 0 Å². The lowest BCUT2D eigenvalue weighted by Gasteiger charge is -2.16. The Labute approximate surface area is 166 Å². The maximum Gasteiger partial charge on any atom is 0.100 e. The molecule has 1 rings (SSSR count). The largest absolute Gasteiger partial charge is 0.342 e. The topological polar surface area (TPSA) is 24.1 Å². The molecule has 0 saturated heterocycles. The zero-order valence-corrected chi connectivity index (χ0v) is 17.6. The minimum atomic E-state index is 0.707. The second kappa shape index (κ2) is 12.0. The quantitative estimate of drug-likeness (QED) is 0.303. The summed E-state index contributed by atoms with van der Waals surface area (Å²) in [7, 11) is 0. The molecule has 0 unspecified atom stereocenters. The molecule has 0 radical (unpaired) electrons. The van der Waals surface area contributed by atoms with Gasteiger partial charge in [0, 0.05) is 11.4 Å². The fourth-order valence-electron chi connectivity index (χ4n) is 2.86. The molecule has 1 aromatic carbocycles. The van der Waals surface area contributed by atoms with Gasteiger partial charge in [-0.15, -0.1) is 0 Å². The first-order valence-corrected chi connectivity index (χ1v) is 9.89. The first-order valence-electron chi connectivity index (χ1n) is 9.89. The highest BCUT2D eigenvalue weighted by Gasteiger charge is 2.04. The number of hydrogen-bond donors (Lipinski definition) is 2. The molecule has 0 bridgehead atoms. The van der Waals surface area contributed by atoms with Crippen LogP contribution in [-0.4, -0.2) is 0 Å². The molecular weight excluding hydrogens is 328 g/mol. The molecule has 1 aromatic rings. The number of hydrogen-bond acceptors (Lipinski definition) is 2. The van der Waals surface area contributed by atoms with Crippen LogP contribution in [0.3, 0.4) is 0 Å². The monoisotopic (exact) mass is 364 g/mol. The molecule has 0 heterocycles. The van der Waals surface area contributed by atoms with Gasteiger partial charge in [0.25, 0.3) is 0 Å². The number of anilines is 1. The van der Waals surface area contributed by atoms with Crippen molar-refractivity contribution in [3.63, 3.8) is 0 Å². The fraction of sp³-hybridized carbons (Fsp3) is 0.360. The number of benzene rings is 1. The van der Waals surface area contributed by atoms with E-state index < -0.39 is 0 Å². The SMILES string of the molecule is C=C(C)/C=C\C(=C/C)C(=C)NC(=C)Nc1ccc(CCCCCC)c(C)c1. The summed E-state index contributed by atoms with van der Waals surface area (Å²) in [5.41, 5.74) is 6.61. The van der Waals surface area contributed by atoms with Gasteiger partial charge < -0.3 is 10.6 Å². The second-order valence-corrected chi connectivity index (χ2v) is 7.08. The highest BCUT2D eigenvalue weighted by Crippen LogP contribution is 2.19. The Bertz CT molecular complexity index is 720. The van der Waals surface area contributed by atoms with Crippen molar-refractivity contribution in [1.29, 1.82) is 0 Å². The molecule has 0 aliphatic rings. The number of unbranched alkanes of at least 4 members (excludes halogenated alkanes) is 3. The summed E-state index contributed by atoms with van der Waals surface area (Å²) in [5, 5.41) is 6.56. The molecule has 0 saturated carbocycles. The van der Waals surface area contributed by atoms with Crippen molar-refractivity contribution in [2.24, 2.45) is 0 Å². The zero-order valence-electron chi connectivity index (χ0n) is 17.6. The van der Waals surface area contributed by atoms with E-state index in [9.17, 15) is 0 Å². The molecule has 0 aliphatic heterocycles. The maximum atomic E-state index is 4.10. The second-order valence-electron chi connectivity index (χ2n) is 7.08. The lowest BCUT2D eigenvalue weighted by atomic mass is 10.0. The van der Waals surface area contributed by atoms with Crippen LogP contribution in [0.15, 0.2) is 78.8 Å². The van der Waals surface area contributed by atoms with Crippen LogP contribution >= 0.6 is 0 Å². The van der Waals surface area contributed by atoms with Crippen LogP contribution in [0.2, 0.25) is 0 Å². The van der Waals surface area contributed by atoms with Crippen LogP contribution in [-0.2, 0) is 6.42 Å². The Kier molecular flexibility index (Phi) is 10.0. The van der Waals surface area contributed by atoms with Gasteiger partial charge in [-0.1, -0.05) is 75.8 Å². The molecule has 0 aromatic heterocycles. The van der Waals surface area contributed by atoms with Gasteiger partial charge in [-0.25, -0.2) is 0 Å². The van der Waals surface area contributed by atoms with Gasteiger partial charge in [-0.2, -0.15) is 0 Å². The summed E-state index contributed by atoms with van der Waals surface area (Å²) in [6.07, 6.45) is 12.3. The van der Waals surface area contributed by atoms with Crippen LogP contribution in [0.4, 0.5) is 5.69 Å². The molecule has 146 valence electrons.